The van der Waals surface area contributed by atoms with Gasteiger partial charge in [0.2, 0.25) is 0 Å². The summed E-state index contributed by atoms with van der Waals surface area (Å²) in [5.41, 5.74) is 1.74. The monoisotopic (exact) mass is 218 g/mol. The van der Waals surface area contributed by atoms with Crippen molar-refractivity contribution in [2.24, 2.45) is 5.92 Å². The summed E-state index contributed by atoms with van der Waals surface area (Å²) in [7, 11) is 1.60. The number of methoxy groups -OCH3 is 1. The lowest BCUT2D eigenvalue weighted by Gasteiger charge is -2.02. The molecule has 3 nitrogen and oxygen atoms in total. The van der Waals surface area contributed by atoms with Crippen LogP contribution in [-0.2, 0) is 11.2 Å². The van der Waals surface area contributed by atoms with E-state index < -0.39 is 0 Å². The maximum absolute atomic E-state index is 11.9. The molecule has 0 N–H and O–H groups in total. The Labute approximate surface area is 94.4 Å². The van der Waals surface area contributed by atoms with Crippen LogP contribution in [0.4, 0.5) is 0 Å². The number of carbonyl (C=O) groups is 2. The summed E-state index contributed by atoms with van der Waals surface area (Å²) >= 11 is 0. The van der Waals surface area contributed by atoms with Crippen LogP contribution in [0.1, 0.15) is 29.3 Å². The summed E-state index contributed by atoms with van der Waals surface area (Å²) in [4.78, 5) is 23.0. The van der Waals surface area contributed by atoms with Gasteiger partial charge in [-0.25, -0.2) is 0 Å². The highest BCUT2D eigenvalue weighted by molar-refractivity contribution is 6.04. The summed E-state index contributed by atoms with van der Waals surface area (Å²) in [6.07, 6.45) is 1.00. The third-order valence-corrected chi connectivity index (χ3v) is 2.95. The van der Waals surface area contributed by atoms with E-state index in [2.05, 4.69) is 0 Å². The number of hydrogen-bond acceptors (Lipinski definition) is 3. The van der Waals surface area contributed by atoms with Crippen LogP contribution in [0.2, 0.25) is 0 Å². The van der Waals surface area contributed by atoms with Gasteiger partial charge in [-0.1, -0.05) is 0 Å². The molecule has 16 heavy (non-hydrogen) atoms. The zero-order valence-electron chi connectivity index (χ0n) is 9.45. The molecule has 0 aromatic heterocycles. The summed E-state index contributed by atoms with van der Waals surface area (Å²) in [5.74, 6) is 0.751. The van der Waals surface area contributed by atoms with Crippen molar-refractivity contribution in [2.75, 3.05) is 7.11 Å². The van der Waals surface area contributed by atoms with Crippen LogP contribution >= 0.6 is 0 Å². The molecule has 1 aromatic rings. The Hall–Kier alpha value is -1.64. The highest BCUT2D eigenvalue weighted by Crippen LogP contribution is 2.31. The minimum absolute atomic E-state index is 0.0677. The molecule has 1 unspecified atom stereocenters. The van der Waals surface area contributed by atoms with E-state index >= 15 is 0 Å². The van der Waals surface area contributed by atoms with Gasteiger partial charge in [0.25, 0.3) is 0 Å². The minimum atomic E-state index is -0.167. The average Bonchev–Trinajstić information content (AvgIpc) is 2.54. The van der Waals surface area contributed by atoms with Crippen molar-refractivity contribution in [1.29, 1.82) is 0 Å². The molecule has 2 rings (SSSR count). The fourth-order valence-electron chi connectivity index (χ4n) is 2.20. The molecule has 0 fully saturated rings. The van der Waals surface area contributed by atoms with E-state index in [9.17, 15) is 9.59 Å². The molecule has 1 aromatic carbocycles. The van der Waals surface area contributed by atoms with Gasteiger partial charge in [0.1, 0.15) is 11.5 Å². The Morgan fingerprint density at radius 2 is 2.25 bits per heavy atom. The summed E-state index contributed by atoms with van der Waals surface area (Å²) in [6, 6.07) is 5.46. The number of ketones is 2. The lowest BCUT2D eigenvalue weighted by atomic mass is 9.99. The Morgan fingerprint density at radius 3 is 2.88 bits per heavy atom. The smallest absolute Gasteiger partial charge is 0.166 e. The fourth-order valence-corrected chi connectivity index (χ4v) is 2.20. The first-order chi connectivity index (χ1) is 7.61. The second kappa shape index (κ2) is 4.08. The molecule has 1 atom stereocenters. The van der Waals surface area contributed by atoms with E-state index in [-0.39, 0.29) is 17.5 Å². The summed E-state index contributed by atoms with van der Waals surface area (Å²) in [6.45, 7) is 1.52. The predicted octanol–water partition coefficient (Wildman–Crippen LogP) is 2.03. The third kappa shape index (κ3) is 1.85. The van der Waals surface area contributed by atoms with Crippen LogP contribution in [0.5, 0.6) is 5.75 Å². The van der Waals surface area contributed by atoms with Crippen LogP contribution in [0.25, 0.3) is 0 Å². The van der Waals surface area contributed by atoms with E-state index in [1.165, 1.54) is 6.92 Å². The summed E-state index contributed by atoms with van der Waals surface area (Å²) in [5, 5.41) is 0. The van der Waals surface area contributed by atoms with Crippen molar-refractivity contribution in [1.82, 2.24) is 0 Å². The number of ether oxygens (including phenoxy) is 1. The first kappa shape index (κ1) is 10.9. The van der Waals surface area contributed by atoms with Crippen LogP contribution in [0, 0.1) is 5.92 Å². The first-order valence-corrected chi connectivity index (χ1v) is 5.32. The zero-order chi connectivity index (χ0) is 11.7. The fraction of sp³-hybridized carbons (Fsp3) is 0.385. The number of fused-ring (bicyclic) bond motifs is 1. The van der Waals surface area contributed by atoms with E-state index in [1.54, 1.807) is 19.2 Å². The van der Waals surface area contributed by atoms with Gasteiger partial charge in [0, 0.05) is 17.9 Å². The van der Waals surface area contributed by atoms with Gasteiger partial charge in [0.15, 0.2) is 5.78 Å². The number of rotatable bonds is 3. The molecular formula is C13H14O3. The molecule has 0 saturated heterocycles. The summed E-state index contributed by atoms with van der Waals surface area (Å²) < 4.78 is 5.11. The van der Waals surface area contributed by atoms with Gasteiger partial charge < -0.3 is 9.53 Å². The van der Waals surface area contributed by atoms with Crippen molar-refractivity contribution in [3.8, 4) is 5.75 Å². The van der Waals surface area contributed by atoms with E-state index in [4.69, 9.17) is 4.74 Å². The molecular weight excluding hydrogens is 204 g/mol. The second-order valence-electron chi connectivity index (χ2n) is 4.19. The molecule has 0 bridgehead atoms. The molecule has 84 valence electrons. The molecule has 0 aliphatic heterocycles. The van der Waals surface area contributed by atoms with E-state index in [0.29, 0.717) is 12.8 Å². The van der Waals surface area contributed by atoms with E-state index in [1.807, 2.05) is 6.07 Å². The Morgan fingerprint density at radius 1 is 1.50 bits per heavy atom. The molecule has 0 heterocycles. The maximum atomic E-state index is 11.9. The topological polar surface area (TPSA) is 43.4 Å². The van der Waals surface area contributed by atoms with Crippen molar-refractivity contribution < 1.29 is 14.3 Å². The number of Topliss-reactive ketones (excluding diaryl/α,β-unsaturated/α-hetero) is 2. The Balaban J connectivity index is 2.27. The van der Waals surface area contributed by atoms with Crippen molar-refractivity contribution in [3.05, 3.63) is 29.3 Å². The van der Waals surface area contributed by atoms with Crippen molar-refractivity contribution >= 4 is 11.6 Å². The zero-order valence-corrected chi connectivity index (χ0v) is 9.45. The largest absolute Gasteiger partial charge is 0.497 e. The van der Waals surface area contributed by atoms with Gasteiger partial charge in [-0.2, -0.15) is 0 Å². The molecule has 0 amide bonds. The van der Waals surface area contributed by atoms with Crippen LogP contribution < -0.4 is 4.74 Å². The number of benzene rings is 1. The highest BCUT2D eigenvalue weighted by Gasteiger charge is 2.31. The molecule has 0 spiro atoms. The molecule has 1 aliphatic carbocycles. The first-order valence-electron chi connectivity index (χ1n) is 5.32. The number of hydrogen-bond donors (Lipinski definition) is 0. The average molecular weight is 218 g/mol. The quantitative estimate of drug-likeness (QED) is 0.779. The number of carbonyl (C=O) groups excluding carboxylic acids is 2. The molecule has 1 aliphatic rings. The van der Waals surface area contributed by atoms with Crippen LogP contribution in [-0.4, -0.2) is 18.7 Å². The normalized spacial score (nSPS) is 18.4. The lowest BCUT2D eigenvalue weighted by Crippen LogP contribution is -2.12. The Kier molecular flexibility index (Phi) is 2.77. The van der Waals surface area contributed by atoms with Crippen LogP contribution in [0.15, 0.2) is 18.2 Å². The van der Waals surface area contributed by atoms with Gasteiger partial charge >= 0.3 is 0 Å². The van der Waals surface area contributed by atoms with Crippen LogP contribution in [0.3, 0.4) is 0 Å². The van der Waals surface area contributed by atoms with Gasteiger partial charge in [-0.15, -0.1) is 0 Å². The predicted molar refractivity (Wildman–Crippen MR) is 59.8 cm³/mol. The van der Waals surface area contributed by atoms with Gasteiger partial charge in [-0.05, 0) is 37.1 Å². The van der Waals surface area contributed by atoms with E-state index in [0.717, 1.165) is 16.9 Å². The molecule has 3 heteroatoms. The lowest BCUT2D eigenvalue weighted by molar-refractivity contribution is -0.117. The maximum Gasteiger partial charge on any atom is 0.166 e. The Bertz CT molecular complexity index is 448. The molecule has 0 radical (unpaired) electrons. The second-order valence-corrected chi connectivity index (χ2v) is 4.19. The molecule has 0 saturated carbocycles. The minimum Gasteiger partial charge on any atom is -0.497 e. The van der Waals surface area contributed by atoms with Gasteiger partial charge in [-0.3, -0.25) is 4.79 Å². The van der Waals surface area contributed by atoms with Crippen molar-refractivity contribution in [3.63, 3.8) is 0 Å². The van der Waals surface area contributed by atoms with Gasteiger partial charge in [0.05, 0.1) is 7.11 Å². The standard InChI is InChI=1S/C13H14O3/c1-8(14)5-10-6-9-7-11(16-2)3-4-12(9)13(10)15/h3-4,7,10H,5-6H2,1-2H3. The SMILES string of the molecule is COc1ccc2c(c1)CC(CC(C)=O)C2=O. The third-order valence-electron chi connectivity index (χ3n) is 2.95. The van der Waals surface area contributed by atoms with Crippen molar-refractivity contribution in [2.45, 2.75) is 19.8 Å². The highest BCUT2D eigenvalue weighted by atomic mass is 16.5.